The molecule has 0 aliphatic heterocycles. The molecule has 0 spiro atoms. The summed E-state index contributed by atoms with van der Waals surface area (Å²) in [7, 11) is 1.67. The third-order valence-electron chi connectivity index (χ3n) is 7.37. The van der Waals surface area contributed by atoms with Gasteiger partial charge in [0, 0.05) is 0 Å². The summed E-state index contributed by atoms with van der Waals surface area (Å²) < 4.78 is 18.2. The van der Waals surface area contributed by atoms with E-state index in [0.29, 0.717) is 18.8 Å². The van der Waals surface area contributed by atoms with Crippen LogP contribution in [0.15, 0.2) is 23.8 Å². The molecule has 4 fully saturated rings. The fraction of sp³-hybridized carbons (Fsp3) is 0.593. The average Bonchev–Trinajstić information content (AvgIpc) is 2.73. The second-order valence-corrected chi connectivity index (χ2v) is 11.7. The number of carbonyl (C=O) groups is 1. The minimum absolute atomic E-state index is 0.0533. The second-order valence-electron chi connectivity index (χ2n) is 9.97. The zero-order valence-corrected chi connectivity index (χ0v) is 21.5. The van der Waals surface area contributed by atoms with Gasteiger partial charge in [0.15, 0.2) is 0 Å². The number of ether oxygens (including phenoxy) is 3. The zero-order valence-electron chi connectivity index (χ0n) is 19.8. The van der Waals surface area contributed by atoms with Crippen LogP contribution in [0, 0.1) is 35.4 Å². The van der Waals surface area contributed by atoms with Crippen LogP contribution in [0.2, 0.25) is 0 Å². The number of carboxylic acid groups (broad SMARTS) is 1. The molecule has 5 nitrogen and oxygen atoms in total. The van der Waals surface area contributed by atoms with E-state index in [1.54, 1.807) is 14.0 Å². The van der Waals surface area contributed by atoms with E-state index in [0.717, 1.165) is 29.6 Å². The Bertz CT molecular complexity index is 935. The van der Waals surface area contributed by atoms with E-state index in [1.807, 2.05) is 0 Å². The third kappa shape index (κ3) is 5.84. The summed E-state index contributed by atoms with van der Waals surface area (Å²) in [6, 6.07) is 4.53. The molecule has 0 atom stereocenters. The van der Waals surface area contributed by atoms with Gasteiger partial charge in [0.1, 0.15) is 0 Å². The Hall–Kier alpha value is -1.77. The van der Waals surface area contributed by atoms with Gasteiger partial charge in [-0.05, 0) is 0 Å². The normalized spacial score (nSPS) is 27.8. The van der Waals surface area contributed by atoms with Gasteiger partial charge in [-0.2, -0.15) is 0 Å². The molecular weight excluding hydrogens is 483 g/mol. The molecule has 0 amide bonds. The fourth-order valence-corrected chi connectivity index (χ4v) is 7.94. The van der Waals surface area contributed by atoms with Gasteiger partial charge in [-0.1, -0.05) is 0 Å². The molecule has 1 aromatic carbocycles. The first-order chi connectivity index (χ1) is 15.9. The van der Waals surface area contributed by atoms with Crippen LogP contribution in [0.3, 0.4) is 0 Å². The van der Waals surface area contributed by atoms with Crippen LogP contribution in [0.5, 0.6) is 5.75 Å². The van der Waals surface area contributed by atoms with Gasteiger partial charge in [-0.15, -0.1) is 0 Å². The molecule has 1 aromatic rings. The van der Waals surface area contributed by atoms with E-state index in [2.05, 4.69) is 29.8 Å². The zero-order chi connectivity index (χ0) is 23.4. The summed E-state index contributed by atoms with van der Waals surface area (Å²) in [6.07, 6.45) is 9.17. The molecule has 6 heteroatoms. The van der Waals surface area contributed by atoms with Gasteiger partial charge in [0.05, 0.1) is 0 Å². The number of hydrogen-bond acceptors (Lipinski definition) is 4. The summed E-state index contributed by atoms with van der Waals surface area (Å²) in [5, 5.41) is 8.91. The Morgan fingerprint density at radius 2 is 1.85 bits per heavy atom. The van der Waals surface area contributed by atoms with E-state index in [1.165, 1.54) is 54.1 Å². The van der Waals surface area contributed by atoms with E-state index in [-0.39, 0.29) is 27.2 Å². The average molecular weight is 518 g/mol. The molecule has 33 heavy (non-hydrogen) atoms. The van der Waals surface area contributed by atoms with E-state index < -0.39 is 5.97 Å². The van der Waals surface area contributed by atoms with Gasteiger partial charge >= 0.3 is 204 Å². The Kier molecular flexibility index (Phi) is 7.87. The molecule has 4 bridgehead atoms. The van der Waals surface area contributed by atoms with Crippen LogP contribution < -0.4 is 9.20 Å². The van der Waals surface area contributed by atoms with Crippen molar-refractivity contribution in [2.45, 2.75) is 57.8 Å². The van der Waals surface area contributed by atoms with Gasteiger partial charge in [-0.3, -0.25) is 0 Å². The van der Waals surface area contributed by atoms with Gasteiger partial charge in [-0.25, -0.2) is 0 Å². The van der Waals surface area contributed by atoms with Crippen molar-refractivity contribution in [2.24, 2.45) is 17.8 Å². The first-order valence-electron chi connectivity index (χ1n) is 11.8. The van der Waals surface area contributed by atoms with Crippen molar-refractivity contribution in [3.63, 3.8) is 0 Å². The van der Waals surface area contributed by atoms with E-state index in [4.69, 9.17) is 19.3 Å². The molecule has 178 valence electrons. The topological polar surface area (TPSA) is 65.0 Å². The van der Waals surface area contributed by atoms with Crippen LogP contribution in [0.25, 0.3) is 0 Å². The van der Waals surface area contributed by atoms with Crippen LogP contribution in [-0.2, 0) is 19.7 Å². The third-order valence-corrected chi connectivity index (χ3v) is 9.18. The maximum absolute atomic E-state index is 10.9. The Balaban J connectivity index is 1.61. The maximum atomic E-state index is 10.9. The van der Waals surface area contributed by atoms with Crippen molar-refractivity contribution in [3.05, 3.63) is 34.9 Å². The molecule has 0 radical (unpaired) electrons. The first kappa shape index (κ1) is 24.4. The second kappa shape index (κ2) is 10.7. The molecule has 1 N–H and O–H groups in total. The summed E-state index contributed by atoms with van der Waals surface area (Å²) in [6.45, 7) is 5.15. The molecule has 0 aromatic heterocycles. The molecular formula is C27H34O5Se. The molecule has 4 aliphatic carbocycles. The summed E-state index contributed by atoms with van der Waals surface area (Å²) in [5.74, 6) is 5.56. The van der Waals surface area contributed by atoms with Crippen LogP contribution in [0.4, 0.5) is 0 Å². The Morgan fingerprint density at radius 3 is 2.45 bits per heavy atom. The first-order valence-corrected chi connectivity index (χ1v) is 13.5. The summed E-state index contributed by atoms with van der Waals surface area (Å²) in [5.41, 5.74) is 3.31. The number of rotatable bonds is 9. The number of allylic oxidation sites excluding steroid dienone is 1. The minimum atomic E-state index is -0.955. The van der Waals surface area contributed by atoms with E-state index >= 15 is 0 Å². The molecule has 4 saturated carbocycles. The predicted octanol–water partition coefficient (Wildman–Crippen LogP) is 3.78. The van der Waals surface area contributed by atoms with Crippen molar-refractivity contribution >= 4 is 25.4 Å². The van der Waals surface area contributed by atoms with Gasteiger partial charge in [0.2, 0.25) is 0 Å². The number of carboxylic acids is 1. The summed E-state index contributed by atoms with van der Waals surface area (Å²) in [4.78, 5) is 14.1. The predicted molar refractivity (Wildman–Crippen MR) is 129 cm³/mol. The number of hydrogen-bond donors (Lipinski definition) is 1. The summed E-state index contributed by atoms with van der Waals surface area (Å²) >= 11 is -0.0533. The SMILES string of the molecule is COCCOCOc1cc(C)c([Se]C#CC(C)=CC(=O)O)cc1C12CC3CC(CC(C3)C1)C2. The van der Waals surface area contributed by atoms with E-state index in [9.17, 15) is 4.79 Å². The van der Waals surface area contributed by atoms with Gasteiger partial charge < -0.3 is 0 Å². The van der Waals surface area contributed by atoms with Crippen molar-refractivity contribution in [1.82, 2.24) is 0 Å². The molecule has 0 unspecified atom stereocenters. The van der Waals surface area contributed by atoms with Crippen molar-refractivity contribution in [3.8, 4) is 16.5 Å². The van der Waals surface area contributed by atoms with Crippen molar-refractivity contribution in [1.29, 1.82) is 0 Å². The Morgan fingerprint density at radius 1 is 1.18 bits per heavy atom. The van der Waals surface area contributed by atoms with Crippen molar-refractivity contribution in [2.75, 3.05) is 27.1 Å². The number of benzene rings is 1. The van der Waals surface area contributed by atoms with Crippen LogP contribution in [0.1, 0.15) is 56.6 Å². The number of aryl methyl sites for hydroxylation is 1. The molecule has 0 heterocycles. The molecule has 0 saturated heterocycles. The fourth-order valence-electron chi connectivity index (χ4n) is 6.43. The standard InChI is InChI=1S/C27H34O5Se/c1-18(8-26(28)29)4-7-33-25-13-23(24(9-19(25)2)32-17-31-6-5-30-3)27-14-20-10-21(15-27)12-22(11-20)16-27/h8-9,13,20-22H,5-6,10-12,14-17H2,1-3H3,(H,28,29). The Labute approximate surface area is 203 Å². The quantitative estimate of drug-likeness (QED) is 0.178. The monoisotopic (exact) mass is 518 g/mol. The van der Waals surface area contributed by atoms with Crippen LogP contribution in [-0.4, -0.2) is 53.1 Å². The van der Waals surface area contributed by atoms with Crippen LogP contribution >= 0.6 is 0 Å². The molecule has 4 aliphatic rings. The van der Waals surface area contributed by atoms with Crippen molar-refractivity contribution < 1.29 is 24.1 Å². The number of methoxy groups -OCH3 is 1. The number of aliphatic carboxylic acids is 1. The van der Waals surface area contributed by atoms with Gasteiger partial charge in [0.25, 0.3) is 0 Å². The molecule has 5 rings (SSSR count).